The van der Waals surface area contributed by atoms with E-state index in [0.29, 0.717) is 18.3 Å². The summed E-state index contributed by atoms with van der Waals surface area (Å²) in [6, 6.07) is 8.04. The first kappa shape index (κ1) is 17.8. The summed E-state index contributed by atoms with van der Waals surface area (Å²) in [5.74, 6) is 0.804. The van der Waals surface area contributed by atoms with Crippen molar-refractivity contribution >= 4 is 24.0 Å². The number of carbonyl (C=O) groups excluding carboxylic acids is 1. The highest BCUT2D eigenvalue weighted by Crippen LogP contribution is 2.32. The predicted molar refractivity (Wildman–Crippen MR) is 99.0 cm³/mol. The van der Waals surface area contributed by atoms with Crippen molar-refractivity contribution in [3.05, 3.63) is 41.7 Å². The van der Waals surface area contributed by atoms with Gasteiger partial charge in [0.2, 0.25) is 0 Å². The van der Waals surface area contributed by atoms with Crippen molar-refractivity contribution in [3.8, 4) is 5.75 Å². The molecule has 1 atom stereocenters. The Morgan fingerprint density at radius 2 is 2.24 bits per heavy atom. The quantitative estimate of drug-likeness (QED) is 0.911. The van der Waals surface area contributed by atoms with Crippen LogP contribution in [0.25, 0.3) is 0 Å². The molecule has 2 aliphatic rings. The maximum Gasteiger partial charge on any atom is 0.278 e. The van der Waals surface area contributed by atoms with Gasteiger partial charge in [-0.3, -0.25) is 9.48 Å². The Morgan fingerprint density at radius 1 is 1.36 bits per heavy atom. The Bertz CT molecular complexity index is 755. The normalized spacial score (nSPS) is 19.2. The standard InChI is InChI=1S/C18H22N4O2.ClH/c1-24-15-4-5-17-13(11-15)6-9-21(17)18(23)16-7-10-22(20-16)14-3-2-8-19-12-14;/h4-5,7,10-11,14,19H,2-3,6,8-9,12H2,1H3;1H. The third-order valence-corrected chi connectivity index (χ3v) is 4.90. The minimum atomic E-state index is -0.0264. The third-order valence-electron chi connectivity index (χ3n) is 4.90. The molecule has 0 saturated carbocycles. The molecule has 25 heavy (non-hydrogen) atoms. The largest absolute Gasteiger partial charge is 0.497 e. The van der Waals surface area contributed by atoms with Gasteiger partial charge >= 0.3 is 0 Å². The molecule has 0 spiro atoms. The number of nitrogens with one attached hydrogen (secondary N) is 1. The second kappa shape index (κ2) is 7.45. The molecule has 2 aromatic rings. The van der Waals surface area contributed by atoms with Crippen molar-refractivity contribution < 1.29 is 9.53 Å². The number of aromatic nitrogens is 2. The fourth-order valence-electron chi connectivity index (χ4n) is 3.57. The van der Waals surface area contributed by atoms with Gasteiger partial charge in [-0.15, -0.1) is 12.4 Å². The lowest BCUT2D eigenvalue weighted by Gasteiger charge is -2.23. The Hall–Kier alpha value is -2.05. The first-order chi connectivity index (χ1) is 11.8. The van der Waals surface area contributed by atoms with Crippen LogP contribution < -0.4 is 15.0 Å². The summed E-state index contributed by atoms with van der Waals surface area (Å²) in [7, 11) is 1.66. The summed E-state index contributed by atoms with van der Waals surface area (Å²) in [6.45, 7) is 2.68. The average molecular weight is 363 g/mol. The number of methoxy groups -OCH3 is 1. The molecular weight excluding hydrogens is 340 g/mol. The summed E-state index contributed by atoms with van der Waals surface area (Å²) in [5, 5.41) is 7.93. The van der Waals surface area contributed by atoms with E-state index < -0.39 is 0 Å². The van der Waals surface area contributed by atoms with Gasteiger partial charge in [0.15, 0.2) is 5.69 Å². The molecule has 0 aliphatic carbocycles. The summed E-state index contributed by atoms with van der Waals surface area (Å²) in [6.07, 6.45) is 5.03. The highest BCUT2D eigenvalue weighted by atomic mass is 35.5. The van der Waals surface area contributed by atoms with Gasteiger partial charge in [-0.1, -0.05) is 0 Å². The van der Waals surface area contributed by atoms with Crippen LogP contribution in [0.15, 0.2) is 30.5 Å². The molecule has 1 amide bonds. The molecule has 2 aliphatic heterocycles. The number of hydrogen-bond acceptors (Lipinski definition) is 4. The zero-order valence-electron chi connectivity index (χ0n) is 14.3. The van der Waals surface area contributed by atoms with Gasteiger partial charge in [0.25, 0.3) is 5.91 Å². The number of carbonyl (C=O) groups is 1. The van der Waals surface area contributed by atoms with Crippen molar-refractivity contribution in [2.45, 2.75) is 25.3 Å². The van der Waals surface area contributed by atoms with Gasteiger partial charge in [0.05, 0.1) is 13.2 Å². The monoisotopic (exact) mass is 362 g/mol. The van der Waals surface area contributed by atoms with Gasteiger partial charge < -0.3 is 15.0 Å². The van der Waals surface area contributed by atoms with Crippen LogP contribution in [-0.2, 0) is 6.42 Å². The Kier molecular flexibility index (Phi) is 5.30. The fraction of sp³-hybridized carbons (Fsp3) is 0.444. The topological polar surface area (TPSA) is 59.4 Å². The lowest BCUT2D eigenvalue weighted by molar-refractivity contribution is 0.0983. The third kappa shape index (κ3) is 3.37. The number of anilines is 1. The van der Waals surface area contributed by atoms with E-state index in [1.165, 1.54) is 0 Å². The van der Waals surface area contributed by atoms with E-state index in [-0.39, 0.29) is 18.3 Å². The summed E-state index contributed by atoms with van der Waals surface area (Å²) in [5.41, 5.74) is 2.64. The van der Waals surface area contributed by atoms with Crippen molar-refractivity contribution in [1.29, 1.82) is 0 Å². The number of fused-ring (bicyclic) bond motifs is 1. The molecule has 7 heteroatoms. The van der Waals surface area contributed by atoms with Gasteiger partial charge in [-0.2, -0.15) is 5.10 Å². The van der Waals surface area contributed by atoms with E-state index in [1.807, 2.05) is 40.0 Å². The predicted octanol–water partition coefficient (Wildman–Crippen LogP) is 2.44. The Balaban J connectivity index is 0.00000182. The highest BCUT2D eigenvalue weighted by Gasteiger charge is 2.28. The molecule has 1 saturated heterocycles. The number of amides is 1. The maximum atomic E-state index is 12.9. The van der Waals surface area contributed by atoms with Gasteiger partial charge in [-0.05, 0) is 55.6 Å². The van der Waals surface area contributed by atoms with Crippen LogP contribution in [0.1, 0.15) is 34.9 Å². The number of benzene rings is 1. The van der Waals surface area contributed by atoms with E-state index in [2.05, 4.69) is 10.4 Å². The van der Waals surface area contributed by atoms with Crippen molar-refractivity contribution in [1.82, 2.24) is 15.1 Å². The Labute approximate surface area is 153 Å². The minimum Gasteiger partial charge on any atom is -0.497 e. The minimum absolute atomic E-state index is 0. The van der Waals surface area contributed by atoms with Crippen LogP contribution in [-0.4, -0.2) is 42.4 Å². The second-order valence-corrected chi connectivity index (χ2v) is 6.38. The van der Waals surface area contributed by atoms with Crippen LogP contribution >= 0.6 is 12.4 Å². The lowest BCUT2D eigenvalue weighted by atomic mass is 10.1. The SMILES string of the molecule is COc1ccc2c(c1)CCN2C(=O)c1ccn(C2CCCNC2)n1.Cl. The van der Waals surface area contributed by atoms with Crippen molar-refractivity contribution in [2.75, 3.05) is 31.6 Å². The van der Waals surface area contributed by atoms with E-state index in [4.69, 9.17) is 4.74 Å². The van der Waals surface area contributed by atoms with Gasteiger partial charge in [0.1, 0.15) is 5.75 Å². The molecule has 1 aromatic heterocycles. The summed E-state index contributed by atoms with van der Waals surface area (Å²) < 4.78 is 7.20. The number of nitrogens with zero attached hydrogens (tertiary/aromatic N) is 3. The molecule has 1 unspecified atom stereocenters. The number of rotatable bonds is 3. The molecule has 1 aromatic carbocycles. The zero-order valence-corrected chi connectivity index (χ0v) is 15.1. The van der Waals surface area contributed by atoms with E-state index >= 15 is 0 Å². The van der Waals surface area contributed by atoms with Crippen LogP contribution in [0.4, 0.5) is 5.69 Å². The fourth-order valence-corrected chi connectivity index (χ4v) is 3.57. The smallest absolute Gasteiger partial charge is 0.278 e. The number of halogens is 1. The molecule has 1 fully saturated rings. The van der Waals surface area contributed by atoms with E-state index in [0.717, 1.165) is 49.4 Å². The molecule has 6 nitrogen and oxygen atoms in total. The molecule has 0 radical (unpaired) electrons. The van der Waals surface area contributed by atoms with Crippen LogP contribution in [0, 0.1) is 0 Å². The lowest BCUT2D eigenvalue weighted by Crippen LogP contribution is -2.32. The Morgan fingerprint density at radius 3 is 3.00 bits per heavy atom. The average Bonchev–Trinajstić information content (AvgIpc) is 3.28. The zero-order chi connectivity index (χ0) is 16.5. The van der Waals surface area contributed by atoms with Crippen molar-refractivity contribution in [3.63, 3.8) is 0 Å². The second-order valence-electron chi connectivity index (χ2n) is 6.38. The molecule has 0 bridgehead atoms. The summed E-state index contributed by atoms with van der Waals surface area (Å²) in [4.78, 5) is 14.7. The molecule has 3 heterocycles. The van der Waals surface area contributed by atoms with E-state index in [9.17, 15) is 4.79 Å². The first-order valence-corrected chi connectivity index (χ1v) is 8.51. The van der Waals surface area contributed by atoms with E-state index in [1.54, 1.807) is 7.11 Å². The number of hydrogen-bond donors (Lipinski definition) is 1. The molecular formula is C18H23ClN4O2. The van der Waals surface area contributed by atoms with Gasteiger partial charge in [-0.25, -0.2) is 0 Å². The molecule has 4 rings (SSSR count). The number of ether oxygens (including phenoxy) is 1. The molecule has 1 N–H and O–H groups in total. The first-order valence-electron chi connectivity index (χ1n) is 8.51. The van der Waals surface area contributed by atoms with Crippen LogP contribution in [0.5, 0.6) is 5.75 Å². The maximum absolute atomic E-state index is 12.9. The van der Waals surface area contributed by atoms with Crippen LogP contribution in [0.2, 0.25) is 0 Å². The summed E-state index contributed by atoms with van der Waals surface area (Å²) >= 11 is 0. The molecule has 134 valence electrons. The van der Waals surface area contributed by atoms with Gasteiger partial charge in [0, 0.05) is 25.0 Å². The highest BCUT2D eigenvalue weighted by molar-refractivity contribution is 6.06. The van der Waals surface area contributed by atoms with Crippen molar-refractivity contribution in [2.24, 2.45) is 0 Å². The van der Waals surface area contributed by atoms with Crippen LogP contribution in [0.3, 0.4) is 0 Å². The number of piperidine rings is 1.